The molecule has 1 aromatic carbocycles. The van der Waals surface area contributed by atoms with Gasteiger partial charge in [-0.15, -0.1) is 11.3 Å². The lowest BCUT2D eigenvalue weighted by Gasteiger charge is -2.08. The SMILES string of the molecule is CC.C[C@@H](CC(=O)c1ncnc2[nH]c(=O)ccc12)c1ncc(C(=O)Nc2ccccc2N)s1. The van der Waals surface area contributed by atoms with Gasteiger partial charge in [0.15, 0.2) is 5.78 Å². The summed E-state index contributed by atoms with van der Waals surface area (Å²) in [6, 6.07) is 9.85. The Balaban J connectivity index is 0.00000149. The van der Waals surface area contributed by atoms with E-state index in [-0.39, 0.29) is 35.3 Å². The Morgan fingerprint density at radius 2 is 1.88 bits per heavy atom. The number of nitrogens with two attached hydrogens (primary N) is 1. The number of H-pyrrole nitrogens is 1. The molecule has 3 aromatic heterocycles. The molecule has 0 bridgehead atoms. The lowest BCUT2D eigenvalue weighted by molar-refractivity contribution is 0.0971. The third kappa shape index (κ3) is 5.47. The van der Waals surface area contributed by atoms with Gasteiger partial charge in [0.2, 0.25) is 5.56 Å². The van der Waals surface area contributed by atoms with E-state index in [0.29, 0.717) is 32.3 Å². The Morgan fingerprint density at radius 3 is 2.64 bits per heavy atom. The summed E-state index contributed by atoms with van der Waals surface area (Å²) in [7, 11) is 0. The van der Waals surface area contributed by atoms with Gasteiger partial charge < -0.3 is 16.0 Å². The van der Waals surface area contributed by atoms with Crippen molar-refractivity contribution >= 4 is 45.4 Å². The van der Waals surface area contributed by atoms with E-state index < -0.39 is 0 Å². The smallest absolute Gasteiger partial charge is 0.267 e. The maximum absolute atomic E-state index is 12.8. The van der Waals surface area contributed by atoms with Gasteiger partial charge in [-0.3, -0.25) is 14.4 Å². The number of aromatic amines is 1. The molecule has 1 amide bonds. The zero-order chi connectivity index (χ0) is 24.0. The number of benzene rings is 1. The van der Waals surface area contributed by atoms with Crippen molar-refractivity contribution in [1.29, 1.82) is 0 Å². The summed E-state index contributed by atoms with van der Waals surface area (Å²) in [6.45, 7) is 5.86. The number of aromatic nitrogens is 4. The summed E-state index contributed by atoms with van der Waals surface area (Å²) < 4.78 is 0. The van der Waals surface area contributed by atoms with Gasteiger partial charge in [-0.2, -0.15) is 0 Å². The molecule has 9 nitrogen and oxygen atoms in total. The van der Waals surface area contributed by atoms with Crippen LogP contribution in [0, 0.1) is 0 Å². The third-order valence-electron chi connectivity index (χ3n) is 4.66. The Hall–Kier alpha value is -3.92. The van der Waals surface area contributed by atoms with E-state index in [0.717, 1.165) is 0 Å². The molecule has 0 saturated heterocycles. The van der Waals surface area contributed by atoms with E-state index in [1.807, 2.05) is 20.8 Å². The first-order valence-electron chi connectivity index (χ1n) is 10.4. The second-order valence-corrected chi connectivity index (χ2v) is 8.00. The zero-order valence-electron chi connectivity index (χ0n) is 18.5. The molecule has 0 fully saturated rings. The van der Waals surface area contributed by atoms with E-state index in [1.165, 1.54) is 36.0 Å². The number of anilines is 2. The molecule has 4 N–H and O–H groups in total. The average Bonchev–Trinajstić information content (AvgIpc) is 3.32. The molecule has 0 aliphatic carbocycles. The minimum atomic E-state index is -0.314. The number of fused-ring (bicyclic) bond motifs is 1. The van der Waals surface area contributed by atoms with E-state index in [9.17, 15) is 14.4 Å². The maximum atomic E-state index is 12.8. The van der Waals surface area contributed by atoms with Crippen LogP contribution >= 0.6 is 11.3 Å². The minimum Gasteiger partial charge on any atom is -0.397 e. The van der Waals surface area contributed by atoms with Crippen molar-refractivity contribution < 1.29 is 9.59 Å². The first-order valence-corrected chi connectivity index (χ1v) is 11.2. The van der Waals surface area contributed by atoms with Gasteiger partial charge in [0.25, 0.3) is 5.91 Å². The predicted molar refractivity (Wildman–Crippen MR) is 130 cm³/mol. The normalized spacial score (nSPS) is 11.4. The van der Waals surface area contributed by atoms with Crippen molar-refractivity contribution in [1.82, 2.24) is 19.9 Å². The highest BCUT2D eigenvalue weighted by atomic mass is 32.1. The molecule has 0 saturated carbocycles. The van der Waals surface area contributed by atoms with Crippen LogP contribution in [-0.4, -0.2) is 31.6 Å². The molecule has 0 spiro atoms. The Labute approximate surface area is 194 Å². The van der Waals surface area contributed by atoms with Crippen molar-refractivity contribution in [3.05, 3.63) is 74.9 Å². The van der Waals surface area contributed by atoms with Crippen LogP contribution in [0.15, 0.2) is 53.7 Å². The topological polar surface area (TPSA) is 144 Å². The number of rotatable bonds is 6. The number of ketones is 1. The summed E-state index contributed by atoms with van der Waals surface area (Å²) in [5.74, 6) is -0.746. The number of hydrogen-bond acceptors (Lipinski definition) is 8. The first-order chi connectivity index (χ1) is 15.9. The van der Waals surface area contributed by atoms with E-state index in [4.69, 9.17) is 5.73 Å². The zero-order valence-corrected chi connectivity index (χ0v) is 19.3. The Morgan fingerprint density at radius 1 is 1.12 bits per heavy atom. The quantitative estimate of drug-likeness (QED) is 0.289. The highest BCUT2D eigenvalue weighted by Crippen LogP contribution is 2.27. The molecule has 33 heavy (non-hydrogen) atoms. The number of nitrogens with zero attached hydrogens (tertiary/aromatic N) is 3. The van der Waals surface area contributed by atoms with Crippen LogP contribution in [0.1, 0.15) is 58.3 Å². The number of thiazole rings is 1. The minimum absolute atomic E-state index is 0.144. The molecule has 0 unspecified atom stereocenters. The number of carbonyl (C=O) groups excluding carboxylic acids is 2. The van der Waals surface area contributed by atoms with Gasteiger partial charge in [-0.1, -0.05) is 32.9 Å². The summed E-state index contributed by atoms with van der Waals surface area (Å²) in [5, 5.41) is 3.91. The number of Topliss-reactive ketones (excluding diaryl/α,β-unsaturated/α-hetero) is 1. The molecule has 3 heterocycles. The van der Waals surface area contributed by atoms with Crippen LogP contribution in [0.5, 0.6) is 0 Å². The summed E-state index contributed by atoms with van der Waals surface area (Å²) in [5.41, 5.74) is 7.11. The van der Waals surface area contributed by atoms with Gasteiger partial charge >= 0.3 is 0 Å². The largest absolute Gasteiger partial charge is 0.397 e. The number of carbonyl (C=O) groups is 2. The molecule has 0 radical (unpaired) electrons. The van der Waals surface area contributed by atoms with Crippen LogP contribution in [-0.2, 0) is 0 Å². The summed E-state index contributed by atoms with van der Waals surface area (Å²) >= 11 is 1.22. The fourth-order valence-electron chi connectivity index (χ4n) is 3.07. The second-order valence-electron chi connectivity index (χ2n) is 6.94. The van der Waals surface area contributed by atoms with Gasteiger partial charge in [0, 0.05) is 23.8 Å². The van der Waals surface area contributed by atoms with E-state index in [2.05, 4.69) is 25.3 Å². The van der Waals surface area contributed by atoms with Gasteiger partial charge in [-0.05, 0) is 18.2 Å². The Kier molecular flexibility index (Phi) is 7.62. The fraction of sp³-hybridized carbons (Fsp3) is 0.217. The second kappa shape index (κ2) is 10.6. The lowest BCUT2D eigenvalue weighted by Crippen LogP contribution is -2.11. The molecule has 0 aliphatic rings. The number of amides is 1. The monoisotopic (exact) mass is 464 g/mol. The molecular weight excluding hydrogens is 440 g/mol. The maximum Gasteiger partial charge on any atom is 0.267 e. The summed E-state index contributed by atoms with van der Waals surface area (Å²) in [4.78, 5) is 52.3. The molecule has 1 atom stereocenters. The predicted octanol–water partition coefficient (Wildman–Crippen LogP) is 4.01. The first kappa shape index (κ1) is 23.7. The van der Waals surface area contributed by atoms with Crippen LogP contribution in [0.25, 0.3) is 11.0 Å². The number of para-hydroxylation sites is 2. The third-order valence-corrected chi connectivity index (χ3v) is 5.89. The van der Waals surface area contributed by atoms with Crippen LogP contribution in [0.3, 0.4) is 0 Å². The number of hydrogen-bond donors (Lipinski definition) is 3. The molecule has 4 aromatic rings. The standard InChI is InChI=1S/C21H18N6O3S.C2H6/c1-11(8-15(28)18-12-6-7-17(29)27-19(12)25-10-24-18)21-23-9-16(31-21)20(30)26-14-5-3-2-4-13(14)22;1-2/h2-7,9-11H,8,22H2,1H3,(H,26,30)(H,24,25,27,29);1-2H3/t11-;/m0./s1. The lowest BCUT2D eigenvalue weighted by atomic mass is 10.0. The van der Waals surface area contributed by atoms with Crippen LogP contribution < -0.4 is 16.6 Å². The highest BCUT2D eigenvalue weighted by molar-refractivity contribution is 7.13. The van der Waals surface area contributed by atoms with Crippen LogP contribution in [0.2, 0.25) is 0 Å². The van der Waals surface area contributed by atoms with E-state index >= 15 is 0 Å². The van der Waals surface area contributed by atoms with Crippen molar-refractivity contribution in [3.63, 3.8) is 0 Å². The fourth-order valence-corrected chi connectivity index (χ4v) is 3.93. The molecule has 0 aliphatic heterocycles. The number of pyridine rings is 1. The number of nitrogens with one attached hydrogen (secondary N) is 2. The van der Waals surface area contributed by atoms with Crippen molar-refractivity contribution in [2.75, 3.05) is 11.1 Å². The summed E-state index contributed by atoms with van der Waals surface area (Å²) in [6.07, 6.45) is 2.88. The number of nitrogen functional groups attached to an aromatic ring is 1. The van der Waals surface area contributed by atoms with Crippen molar-refractivity contribution in [2.45, 2.75) is 33.1 Å². The van der Waals surface area contributed by atoms with Crippen LogP contribution in [0.4, 0.5) is 11.4 Å². The Bertz CT molecular complexity index is 1350. The van der Waals surface area contributed by atoms with Gasteiger partial charge in [0.05, 0.1) is 22.6 Å². The molecule has 170 valence electrons. The average molecular weight is 465 g/mol. The van der Waals surface area contributed by atoms with Gasteiger partial charge in [0.1, 0.15) is 22.5 Å². The molecule has 10 heteroatoms. The highest BCUT2D eigenvalue weighted by Gasteiger charge is 2.21. The van der Waals surface area contributed by atoms with Crippen molar-refractivity contribution in [2.24, 2.45) is 0 Å². The molecular formula is C23H24N6O3S. The van der Waals surface area contributed by atoms with E-state index in [1.54, 1.807) is 24.3 Å². The van der Waals surface area contributed by atoms with Gasteiger partial charge in [-0.25, -0.2) is 15.0 Å². The van der Waals surface area contributed by atoms with Crippen molar-refractivity contribution in [3.8, 4) is 0 Å². The molecule has 4 rings (SSSR count).